The van der Waals surface area contributed by atoms with Gasteiger partial charge in [0, 0.05) is 17.1 Å². The Morgan fingerprint density at radius 2 is 1.70 bits per heavy atom. The van der Waals surface area contributed by atoms with E-state index in [0.29, 0.717) is 6.61 Å². The zero-order valence-corrected chi connectivity index (χ0v) is 14.8. The Labute approximate surface area is 141 Å². The molecule has 0 saturated heterocycles. The molecular weight excluding hydrogens is 322 g/mol. The molecule has 1 aromatic rings. The van der Waals surface area contributed by atoms with Crippen LogP contribution in [0.2, 0.25) is 5.02 Å². The monoisotopic (exact) mass is 345 g/mol. The molecule has 0 heterocycles. The van der Waals surface area contributed by atoms with Crippen molar-refractivity contribution in [3.05, 3.63) is 28.8 Å². The number of benzene rings is 1. The van der Waals surface area contributed by atoms with Crippen molar-refractivity contribution in [2.45, 2.75) is 26.2 Å². The van der Waals surface area contributed by atoms with Crippen LogP contribution in [0, 0.1) is 0 Å². The number of carboxylic acids is 2. The summed E-state index contributed by atoms with van der Waals surface area (Å²) >= 11 is 6.04. The van der Waals surface area contributed by atoms with Crippen LogP contribution in [0.1, 0.15) is 26.3 Å². The summed E-state index contributed by atoms with van der Waals surface area (Å²) in [4.78, 5) is 20.3. The van der Waals surface area contributed by atoms with E-state index in [0.717, 1.165) is 22.9 Å². The van der Waals surface area contributed by atoms with Gasteiger partial charge in [0.1, 0.15) is 12.4 Å². The molecule has 6 nitrogen and oxygen atoms in total. The van der Waals surface area contributed by atoms with Gasteiger partial charge in [-0.05, 0) is 37.7 Å². The van der Waals surface area contributed by atoms with Gasteiger partial charge in [0.15, 0.2) is 0 Å². The van der Waals surface area contributed by atoms with Crippen LogP contribution in [0.4, 0.5) is 0 Å². The maximum atomic E-state index is 9.10. The highest BCUT2D eigenvalue weighted by Gasteiger charge is 2.19. The molecule has 1 aromatic carbocycles. The Balaban J connectivity index is 0.000000688. The summed E-state index contributed by atoms with van der Waals surface area (Å²) in [5.74, 6) is -2.71. The zero-order valence-electron chi connectivity index (χ0n) is 14.1. The Morgan fingerprint density at radius 1 is 1.17 bits per heavy atom. The molecule has 0 atom stereocenters. The van der Waals surface area contributed by atoms with Gasteiger partial charge in [0.2, 0.25) is 0 Å². The van der Waals surface area contributed by atoms with E-state index in [1.165, 1.54) is 0 Å². The molecule has 0 amide bonds. The summed E-state index contributed by atoms with van der Waals surface area (Å²) in [7, 11) is 4.08. The van der Waals surface area contributed by atoms with Crippen molar-refractivity contribution in [3.8, 4) is 5.75 Å². The molecule has 130 valence electrons. The number of likely N-dealkylation sites (N-methyl/N-ethyl adjacent to an activating group) is 1. The topological polar surface area (TPSA) is 87.1 Å². The molecular formula is C16H24ClNO5. The van der Waals surface area contributed by atoms with Crippen LogP contribution in [0.3, 0.4) is 0 Å². The van der Waals surface area contributed by atoms with Crippen molar-refractivity contribution in [2.24, 2.45) is 0 Å². The summed E-state index contributed by atoms with van der Waals surface area (Å²) in [6, 6.07) is 5.83. The van der Waals surface area contributed by atoms with Gasteiger partial charge in [-0.3, -0.25) is 0 Å². The zero-order chi connectivity index (χ0) is 18.2. The normalized spacial score (nSPS) is 10.7. The molecule has 0 aliphatic carbocycles. The highest BCUT2D eigenvalue weighted by molar-refractivity contribution is 6.30. The van der Waals surface area contributed by atoms with Gasteiger partial charge in [-0.25, -0.2) is 9.59 Å². The fourth-order valence-corrected chi connectivity index (χ4v) is 1.72. The first-order valence-electron chi connectivity index (χ1n) is 6.99. The van der Waals surface area contributed by atoms with Crippen molar-refractivity contribution in [1.82, 2.24) is 4.90 Å². The molecule has 0 aliphatic rings. The number of rotatable bonds is 4. The number of nitrogens with zero attached hydrogens (tertiary/aromatic N) is 1. The molecule has 7 heteroatoms. The SMILES string of the molecule is CN(C)CCOc1ccc(Cl)cc1C(C)(C)C.O=C(O)C(=O)O. The lowest BCUT2D eigenvalue weighted by molar-refractivity contribution is -0.159. The lowest BCUT2D eigenvalue weighted by atomic mass is 9.86. The number of halogens is 1. The Kier molecular flexibility index (Phi) is 8.64. The third-order valence-corrected chi connectivity index (χ3v) is 2.96. The maximum absolute atomic E-state index is 9.10. The van der Waals surface area contributed by atoms with E-state index in [9.17, 15) is 0 Å². The van der Waals surface area contributed by atoms with Crippen molar-refractivity contribution in [3.63, 3.8) is 0 Å². The standard InChI is InChI=1S/C14H22ClNO.C2H2O4/c1-14(2,3)12-10-11(15)6-7-13(12)17-9-8-16(4)5;3-1(4)2(5)6/h6-7,10H,8-9H2,1-5H3;(H,3,4)(H,5,6). The predicted molar refractivity (Wildman–Crippen MR) is 89.5 cm³/mol. The van der Waals surface area contributed by atoms with E-state index in [-0.39, 0.29) is 5.41 Å². The van der Waals surface area contributed by atoms with Crippen LogP contribution in [-0.4, -0.2) is 54.3 Å². The number of hydrogen-bond acceptors (Lipinski definition) is 4. The number of aliphatic carboxylic acids is 2. The molecule has 0 bridgehead atoms. The fourth-order valence-electron chi connectivity index (χ4n) is 1.55. The van der Waals surface area contributed by atoms with Crippen molar-refractivity contribution < 1.29 is 24.5 Å². The Morgan fingerprint density at radius 3 is 2.09 bits per heavy atom. The van der Waals surface area contributed by atoms with Crippen LogP contribution < -0.4 is 4.74 Å². The first-order chi connectivity index (χ1) is 10.4. The molecule has 0 aliphatic heterocycles. The van der Waals surface area contributed by atoms with E-state index in [4.69, 9.17) is 36.1 Å². The fraction of sp³-hybridized carbons (Fsp3) is 0.500. The van der Waals surface area contributed by atoms with Gasteiger partial charge in [-0.1, -0.05) is 32.4 Å². The summed E-state index contributed by atoms with van der Waals surface area (Å²) in [5.41, 5.74) is 1.20. The summed E-state index contributed by atoms with van der Waals surface area (Å²) in [6.07, 6.45) is 0. The van der Waals surface area contributed by atoms with Gasteiger partial charge in [0.05, 0.1) is 0 Å². The van der Waals surface area contributed by atoms with E-state index < -0.39 is 11.9 Å². The van der Waals surface area contributed by atoms with Crippen LogP contribution in [0.5, 0.6) is 5.75 Å². The predicted octanol–water partition coefficient (Wildman–Crippen LogP) is 2.73. The first kappa shape index (κ1) is 21.2. The Bertz CT molecular complexity index is 526. The third-order valence-electron chi connectivity index (χ3n) is 2.73. The van der Waals surface area contributed by atoms with Crippen molar-refractivity contribution in [1.29, 1.82) is 0 Å². The number of carbonyl (C=O) groups is 2. The largest absolute Gasteiger partial charge is 0.492 e. The quantitative estimate of drug-likeness (QED) is 0.816. The minimum absolute atomic E-state index is 0.0400. The van der Waals surface area contributed by atoms with Crippen molar-refractivity contribution in [2.75, 3.05) is 27.2 Å². The van der Waals surface area contributed by atoms with Gasteiger partial charge in [-0.15, -0.1) is 0 Å². The molecule has 0 fully saturated rings. The molecule has 0 aromatic heterocycles. The molecule has 23 heavy (non-hydrogen) atoms. The second kappa shape index (κ2) is 9.37. The molecule has 0 saturated carbocycles. The smallest absolute Gasteiger partial charge is 0.414 e. The van der Waals surface area contributed by atoms with E-state index in [1.807, 2.05) is 32.3 Å². The molecule has 0 spiro atoms. The van der Waals surface area contributed by atoms with E-state index in [1.54, 1.807) is 0 Å². The molecule has 0 unspecified atom stereocenters. The van der Waals surface area contributed by atoms with Gasteiger partial charge in [0.25, 0.3) is 0 Å². The number of carboxylic acid groups (broad SMARTS) is 2. The first-order valence-corrected chi connectivity index (χ1v) is 7.36. The van der Waals surface area contributed by atoms with Crippen LogP contribution >= 0.6 is 11.6 Å². The maximum Gasteiger partial charge on any atom is 0.414 e. The Hall–Kier alpha value is -1.79. The third kappa shape index (κ3) is 9.05. The average molecular weight is 346 g/mol. The lowest BCUT2D eigenvalue weighted by Gasteiger charge is -2.23. The minimum atomic E-state index is -1.82. The van der Waals surface area contributed by atoms with E-state index >= 15 is 0 Å². The van der Waals surface area contributed by atoms with Gasteiger partial charge < -0.3 is 19.8 Å². The lowest BCUT2D eigenvalue weighted by Crippen LogP contribution is -2.21. The minimum Gasteiger partial charge on any atom is -0.492 e. The van der Waals surface area contributed by atoms with E-state index in [2.05, 4.69) is 25.7 Å². The summed E-state index contributed by atoms with van der Waals surface area (Å²) in [6.45, 7) is 8.09. The molecule has 2 N–H and O–H groups in total. The second-order valence-corrected chi connectivity index (χ2v) is 6.59. The molecule has 0 radical (unpaired) electrons. The van der Waals surface area contributed by atoms with Crippen LogP contribution in [0.25, 0.3) is 0 Å². The highest BCUT2D eigenvalue weighted by Crippen LogP contribution is 2.33. The van der Waals surface area contributed by atoms with Crippen LogP contribution in [-0.2, 0) is 15.0 Å². The molecule has 1 rings (SSSR count). The van der Waals surface area contributed by atoms with Gasteiger partial charge in [-0.2, -0.15) is 0 Å². The summed E-state index contributed by atoms with van der Waals surface area (Å²) in [5, 5.41) is 15.5. The van der Waals surface area contributed by atoms with Gasteiger partial charge >= 0.3 is 11.9 Å². The highest BCUT2D eigenvalue weighted by atomic mass is 35.5. The second-order valence-electron chi connectivity index (χ2n) is 6.15. The van der Waals surface area contributed by atoms with Crippen LogP contribution in [0.15, 0.2) is 18.2 Å². The van der Waals surface area contributed by atoms with Crippen molar-refractivity contribution >= 4 is 23.5 Å². The number of hydrogen-bond donors (Lipinski definition) is 2. The summed E-state index contributed by atoms with van der Waals surface area (Å²) < 4.78 is 5.83. The average Bonchev–Trinajstić information content (AvgIpc) is 2.39. The number of ether oxygens (including phenoxy) is 1.